The van der Waals surface area contributed by atoms with Gasteiger partial charge < -0.3 is 19.7 Å². The molecule has 0 aromatic rings. The number of nitrogens with one attached hydrogen (secondary N) is 1. The minimum absolute atomic E-state index is 0.187. The highest BCUT2D eigenvalue weighted by Crippen LogP contribution is 2.17. The van der Waals surface area contributed by atoms with Crippen LogP contribution in [0.15, 0.2) is 0 Å². The fraction of sp³-hybridized carbons (Fsp3) is 0.933. The van der Waals surface area contributed by atoms with Crippen LogP contribution in [-0.2, 0) is 9.47 Å². The highest BCUT2D eigenvalue weighted by Gasteiger charge is 2.29. The van der Waals surface area contributed by atoms with E-state index in [1.54, 1.807) is 0 Å². The Bertz CT molecular complexity index is 322. The van der Waals surface area contributed by atoms with Gasteiger partial charge in [0.05, 0.1) is 0 Å². The summed E-state index contributed by atoms with van der Waals surface area (Å²) in [4.78, 5) is 13.8. The van der Waals surface area contributed by atoms with Gasteiger partial charge in [-0.1, -0.05) is 0 Å². The summed E-state index contributed by atoms with van der Waals surface area (Å²) < 4.78 is 10.8. The molecule has 20 heavy (non-hydrogen) atoms. The van der Waals surface area contributed by atoms with Crippen LogP contribution in [0.1, 0.15) is 40.0 Å². The Morgan fingerprint density at radius 3 is 2.65 bits per heavy atom. The lowest BCUT2D eigenvalue weighted by Crippen LogP contribution is -2.40. The van der Waals surface area contributed by atoms with Gasteiger partial charge in [-0.25, -0.2) is 4.79 Å². The number of carbonyl (C=O) groups is 1. The van der Waals surface area contributed by atoms with E-state index in [4.69, 9.17) is 9.47 Å². The fourth-order valence-corrected chi connectivity index (χ4v) is 2.70. The molecule has 2 rings (SSSR count). The quantitative estimate of drug-likeness (QED) is 0.861. The number of carbonyl (C=O) groups excluding carboxylic acids is 1. The molecule has 2 saturated heterocycles. The van der Waals surface area contributed by atoms with E-state index in [-0.39, 0.29) is 6.09 Å². The van der Waals surface area contributed by atoms with Gasteiger partial charge in [0.25, 0.3) is 0 Å². The van der Waals surface area contributed by atoms with Crippen LogP contribution in [-0.4, -0.2) is 55.5 Å². The molecule has 0 radical (unpaired) electrons. The predicted molar refractivity (Wildman–Crippen MR) is 77.8 cm³/mol. The Morgan fingerprint density at radius 2 is 2.00 bits per heavy atom. The van der Waals surface area contributed by atoms with Gasteiger partial charge in [-0.2, -0.15) is 0 Å². The SMILES string of the molecule is CC(C)(C)OC(=O)N1CCC(NCC2CCOCC2)C1. The number of hydrogen-bond donors (Lipinski definition) is 1. The molecule has 5 heteroatoms. The number of likely N-dealkylation sites (tertiary alicyclic amines) is 1. The average molecular weight is 284 g/mol. The highest BCUT2D eigenvalue weighted by atomic mass is 16.6. The summed E-state index contributed by atoms with van der Waals surface area (Å²) in [7, 11) is 0. The molecule has 0 saturated carbocycles. The van der Waals surface area contributed by atoms with E-state index in [0.29, 0.717) is 6.04 Å². The van der Waals surface area contributed by atoms with Crippen molar-refractivity contribution < 1.29 is 14.3 Å². The molecule has 1 atom stereocenters. The first-order chi connectivity index (χ1) is 9.44. The molecular weight excluding hydrogens is 256 g/mol. The maximum Gasteiger partial charge on any atom is 0.410 e. The fourth-order valence-electron chi connectivity index (χ4n) is 2.70. The molecule has 0 aliphatic carbocycles. The van der Waals surface area contributed by atoms with Gasteiger partial charge >= 0.3 is 6.09 Å². The third-order valence-electron chi connectivity index (χ3n) is 3.88. The zero-order valence-electron chi connectivity index (χ0n) is 13.0. The van der Waals surface area contributed by atoms with Crippen molar-refractivity contribution in [1.29, 1.82) is 0 Å². The molecule has 1 amide bonds. The van der Waals surface area contributed by atoms with Crippen molar-refractivity contribution in [2.24, 2.45) is 5.92 Å². The Morgan fingerprint density at radius 1 is 1.30 bits per heavy atom. The van der Waals surface area contributed by atoms with Gasteiger partial charge in [0.2, 0.25) is 0 Å². The standard InChI is InChI=1S/C15H28N2O3/c1-15(2,3)20-14(18)17-7-4-13(11-17)16-10-12-5-8-19-9-6-12/h12-13,16H,4-11H2,1-3H3. The van der Waals surface area contributed by atoms with Crippen LogP contribution < -0.4 is 5.32 Å². The summed E-state index contributed by atoms with van der Waals surface area (Å²) in [6.45, 7) is 10.1. The zero-order chi connectivity index (χ0) is 14.6. The maximum atomic E-state index is 12.0. The molecule has 2 aliphatic heterocycles. The summed E-state index contributed by atoms with van der Waals surface area (Å²) >= 11 is 0. The number of ether oxygens (including phenoxy) is 2. The van der Waals surface area contributed by atoms with E-state index >= 15 is 0 Å². The van der Waals surface area contributed by atoms with E-state index in [1.807, 2.05) is 25.7 Å². The first-order valence-electron chi connectivity index (χ1n) is 7.73. The lowest BCUT2D eigenvalue weighted by molar-refractivity contribution is 0.0290. The Hall–Kier alpha value is -0.810. The van der Waals surface area contributed by atoms with E-state index in [1.165, 1.54) is 0 Å². The zero-order valence-corrected chi connectivity index (χ0v) is 13.0. The summed E-state index contributed by atoms with van der Waals surface area (Å²) in [6.07, 6.45) is 3.13. The average Bonchev–Trinajstić information content (AvgIpc) is 2.84. The van der Waals surface area contributed by atoms with E-state index in [0.717, 1.165) is 58.0 Å². The van der Waals surface area contributed by atoms with Gasteiger partial charge in [-0.3, -0.25) is 0 Å². The second-order valence-electron chi connectivity index (χ2n) is 6.88. The molecule has 0 bridgehead atoms. The molecule has 0 aromatic heterocycles. The topological polar surface area (TPSA) is 50.8 Å². The van der Waals surface area contributed by atoms with E-state index < -0.39 is 5.60 Å². The van der Waals surface area contributed by atoms with Crippen LogP contribution >= 0.6 is 0 Å². The number of rotatable bonds is 3. The van der Waals surface area contributed by atoms with E-state index in [9.17, 15) is 4.79 Å². The molecule has 0 spiro atoms. The minimum atomic E-state index is -0.412. The predicted octanol–water partition coefficient (Wildman–Crippen LogP) is 2.01. The Kier molecular flexibility index (Phi) is 5.27. The van der Waals surface area contributed by atoms with Crippen molar-refractivity contribution >= 4 is 6.09 Å². The smallest absolute Gasteiger partial charge is 0.410 e. The molecule has 2 fully saturated rings. The lowest BCUT2D eigenvalue weighted by Gasteiger charge is -2.25. The molecule has 116 valence electrons. The first kappa shape index (κ1) is 15.6. The van der Waals surface area contributed by atoms with Gasteiger partial charge in [-0.15, -0.1) is 0 Å². The largest absolute Gasteiger partial charge is 0.444 e. The van der Waals surface area contributed by atoms with Crippen molar-refractivity contribution in [1.82, 2.24) is 10.2 Å². The summed E-state index contributed by atoms with van der Waals surface area (Å²) in [5.74, 6) is 0.722. The molecule has 5 nitrogen and oxygen atoms in total. The number of nitrogens with zero attached hydrogens (tertiary/aromatic N) is 1. The van der Waals surface area contributed by atoms with Crippen LogP contribution in [0, 0.1) is 5.92 Å². The lowest BCUT2D eigenvalue weighted by atomic mass is 10.00. The summed E-state index contributed by atoms with van der Waals surface area (Å²) in [6, 6.07) is 0.408. The molecule has 0 aromatic carbocycles. The van der Waals surface area contributed by atoms with Crippen molar-refractivity contribution in [3.8, 4) is 0 Å². The Labute approximate surface area is 122 Å². The van der Waals surface area contributed by atoms with Crippen LogP contribution in [0.2, 0.25) is 0 Å². The van der Waals surface area contributed by atoms with E-state index in [2.05, 4.69) is 5.32 Å². The summed E-state index contributed by atoms with van der Waals surface area (Å²) in [5, 5.41) is 3.59. The number of hydrogen-bond acceptors (Lipinski definition) is 4. The molecular formula is C15H28N2O3. The second-order valence-corrected chi connectivity index (χ2v) is 6.88. The van der Waals surface area contributed by atoms with Crippen molar-refractivity contribution in [3.05, 3.63) is 0 Å². The molecule has 2 heterocycles. The van der Waals surface area contributed by atoms with Gasteiger partial charge in [0.1, 0.15) is 5.60 Å². The van der Waals surface area contributed by atoms with Crippen LogP contribution in [0.3, 0.4) is 0 Å². The monoisotopic (exact) mass is 284 g/mol. The van der Waals surface area contributed by atoms with Gasteiger partial charge in [0, 0.05) is 32.3 Å². The normalized spacial score (nSPS) is 24.9. The minimum Gasteiger partial charge on any atom is -0.444 e. The molecule has 1 N–H and O–H groups in total. The van der Waals surface area contributed by atoms with Crippen LogP contribution in [0.25, 0.3) is 0 Å². The van der Waals surface area contributed by atoms with Crippen molar-refractivity contribution in [2.75, 3.05) is 32.8 Å². The Balaban J connectivity index is 1.68. The summed E-state index contributed by atoms with van der Waals surface area (Å²) in [5.41, 5.74) is -0.412. The third-order valence-corrected chi connectivity index (χ3v) is 3.88. The highest BCUT2D eigenvalue weighted by molar-refractivity contribution is 5.68. The van der Waals surface area contributed by atoms with Gasteiger partial charge in [-0.05, 0) is 52.5 Å². The van der Waals surface area contributed by atoms with Crippen LogP contribution in [0.4, 0.5) is 4.79 Å². The van der Waals surface area contributed by atoms with Crippen LogP contribution in [0.5, 0.6) is 0 Å². The van der Waals surface area contributed by atoms with Crippen molar-refractivity contribution in [3.63, 3.8) is 0 Å². The first-order valence-corrected chi connectivity index (χ1v) is 7.73. The number of amides is 1. The van der Waals surface area contributed by atoms with Crippen molar-refractivity contribution in [2.45, 2.75) is 51.7 Å². The molecule has 1 unspecified atom stereocenters. The molecule has 2 aliphatic rings. The van der Waals surface area contributed by atoms with Gasteiger partial charge in [0.15, 0.2) is 0 Å². The third kappa shape index (κ3) is 4.94. The second kappa shape index (κ2) is 6.76. The maximum absolute atomic E-state index is 12.0.